The topological polar surface area (TPSA) is 49.4 Å². The first-order chi connectivity index (χ1) is 9.36. The van der Waals surface area contributed by atoms with Gasteiger partial charge in [-0.15, -0.1) is 0 Å². The number of nitrogens with one attached hydrogen (secondary N) is 1. The Kier molecular flexibility index (Phi) is 4.59. The lowest BCUT2D eigenvalue weighted by atomic mass is 9.99. The van der Waals surface area contributed by atoms with Gasteiger partial charge in [0.1, 0.15) is 11.6 Å². The molecule has 1 atom stereocenters. The van der Waals surface area contributed by atoms with Gasteiger partial charge in [0, 0.05) is 19.6 Å². The molecule has 0 aromatic heterocycles. The zero-order valence-corrected chi connectivity index (χ0v) is 12.1. The van der Waals surface area contributed by atoms with Gasteiger partial charge in [0.05, 0.1) is 11.9 Å². The van der Waals surface area contributed by atoms with Crippen LogP contribution in [0.2, 0.25) is 0 Å². The van der Waals surface area contributed by atoms with Gasteiger partial charge in [0.2, 0.25) is 10.0 Å². The molecular formula is C13H18F2N2O2S. The summed E-state index contributed by atoms with van der Waals surface area (Å²) in [6.45, 7) is 1.37. The molecule has 1 aliphatic rings. The van der Waals surface area contributed by atoms with Crippen molar-refractivity contribution in [1.29, 1.82) is 0 Å². The number of piperidine rings is 1. The number of anilines is 1. The molecule has 0 aliphatic carbocycles. The standard InChI is InChI=1S/C13H18F2N2O2S/c1-20(18,19)17-6-2-3-10(9-17)8-16-13-7-11(14)4-5-12(13)15/h4-5,7,10,16H,2-3,6,8-9H2,1H3. The van der Waals surface area contributed by atoms with Gasteiger partial charge < -0.3 is 5.32 Å². The van der Waals surface area contributed by atoms with Crippen molar-refractivity contribution in [2.24, 2.45) is 5.92 Å². The van der Waals surface area contributed by atoms with Crippen LogP contribution in [0.15, 0.2) is 18.2 Å². The Balaban J connectivity index is 1.95. The third-order valence-electron chi connectivity index (χ3n) is 3.46. The van der Waals surface area contributed by atoms with E-state index in [1.165, 1.54) is 10.6 Å². The lowest BCUT2D eigenvalue weighted by molar-refractivity contribution is 0.276. The highest BCUT2D eigenvalue weighted by Crippen LogP contribution is 2.21. The molecule has 20 heavy (non-hydrogen) atoms. The van der Waals surface area contributed by atoms with Gasteiger partial charge in [-0.05, 0) is 37.0 Å². The molecule has 1 aliphatic heterocycles. The lowest BCUT2D eigenvalue weighted by Gasteiger charge is -2.31. The number of nitrogens with zero attached hydrogens (tertiary/aromatic N) is 1. The van der Waals surface area contributed by atoms with Crippen LogP contribution in [0.3, 0.4) is 0 Å². The average molecular weight is 304 g/mol. The largest absolute Gasteiger partial charge is 0.382 e. The van der Waals surface area contributed by atoms with E-state index in [-0.39, 0.29) is 11.6 Å². The molecule has 4 nitrogen and oxygen atoms in total. The van der Waals surface area contributed by atoms with Crippen LogP contribution in [0.5, 0.6) is 0 Å². The van der Waals surface area contributed by atoms with Crippen molar-refractivity contribution < 1.29 is 17.2 Å². The highest BCUT2D eigenvalue weighted by molar-refractivity contribution is 7.88. The maximum atomic E-state index is 13.5. The van der Waals surface area contributed by atoms with E-state index in [0.29, 0.717) is 19.6 Å². The Morgan fingerprint density at radius 1 is 1.40 bits per heavy atom. The number of sulfonamides is 1. The van der Waals surface area contributed by atoms with Crippen molar-refractivity contribution in [3.05, 3.63) is 29.8 Å². The quantitative estimate of drug-likeness (QED) is 0.926. The van der Waals surface area contributed by atoms with E-state index >= 15 is 0 Å². The molecule has 1 heterocycles. The van der Waals surface area contributed by atoms with Crippen LogP contribution in [0.1, 0.15) is 12.8 Å². The summed E-state index contributed by atoms with van der Waals surface area (Å²) in [6, 6.07) is 3.24. The predicted molar refractivity (Wildman–Crippen MR) is 74.0 cm³/mol. The molecule has 1 saturated heterocycles. The summed E-state index contributed by atoms with van der Waals surface area (Å²) in [4.78, 5) is 0. The van der Waals surface area contributed by atoms with Crippen LogP contribution < -0.4 is 5.32 Å². The maximum absolute atomic E-state index is 13.5. The second kappa shape index (κ2) is 6.05. The van der Waals surface area contributed by atoms with Crippen LogP contribution in [0, 0.1) is 17.6 Å². The number of rotatable bonds is 4. The van der Waals surface area contributed by atoms with Gasteiger partial charge in [-0.2, -0.15) is 0 Å². The Bertz CT molecular complexity index is 578. The third kappa shape index (κ3) is 3.89. The molecule has 7 heteroatoms. The van der Waals surface area contributed by atoms with Crippen molar-refractivity contribution in [2.45, 2.75) is 12.8 Å². The SMILES string of the molecule is CS(=O)(=O)N1CCCC(CNc2cc(F)ccc2F)C1. The summed E-state index contributed by atoms with van der Waals surface area (Å²) in [5.41, 5.74) is 0.112. The number of halogens is 2. The van der Waals surface area contributed by atoms with Crippen LogP contribution >= 0.6 is 0 Å². The molecule has 0 amide bonds. The van der Waals surface area contributed by atoms with Gasteiger partial charge in [-0.1, -0.05) is 0 Å². The van der Waals surface area contributed by atoms with Crippen LogP contribution in [-0.4, -0.2) is 38.6 Å². The first-order valence-corrected chi connectivity index (χ1v) is 8.35. The molecule has 0 bridgehead atoms. The zero-order chi connectivity index (χ0) is 14.8. The van der Waals surface area contributed by atoms with E-state index < -0.39 is 21.7 Å². The highest BCUT2D eigenvalue weighted by Gasteiger charge is 2.25. The molecule has 0 spiro atoms. The molecule has 1 aromatic carbocycles. The normalized spacial score (nSPS) is 20.9. The van der Waals surface area contributed by atoms with Crippen LogP contribution in [0.4, 0.5) is 14.5 Å². The van der Waals surface area contributed by atoms with Gasteiger partial charge >= 0.3 is 0 Å². The van der Waals surface area contributed by atoms with E-state index in [1.54, 1.807) is 0 Å². The van der Waals surface area contributed by atoms with Gasteiger partial charge in [-0.3, -0.25) is 0 Å². The summed E-state index contributed by atoms with van der Waals surface area (Å²) < 4.78 is 50.9. The van der Waals surface area contributed by atoms with Crippen molar-refractivity contribution >= 4 is 15.7 Å². The van der Waals surface area contributed by atoms with Crippen molar-refractivity contribution in [1.82, 2.24) is 4.31 Å². The third-order valence-corrected chi connectivity index (χ3v) is 4.73. The van der Waals surface area contributed by atoms with Gasteiger partial charge in [0.15, 0.2) is 0 Å². The van der Waals surface area contributed by atoms with Gasteiger partial charge in [-0.25, -0.2) is 21.5 Å². The summed E-state index contributed by atoms with van der Waals surface area (Å²) in [7, 11) is -3.19. The molecule has 1 N–H and O–H groups in total. The summed E-state index contributed by atoms with van der Waals surface area (Å²) in [5.74, 6) is -0.918. The van der Waals surface area contributed by atoms with Gasteiger partial charge in [0.25, 0.3) is 0 Å². The van der Waals surface area contributed by atoms with Crippen molar-refractivity contribution in [3.63, 3.8) is 0 Å². The van der Waals surface area contributed by atoms with Crippen molar-refractivity contribution in [2.75, 3.05) is 31.2 Å². The fourth-order valence-electron chi connectivity index (χ4n) is 2.38. The number of benzene rings is 1. The maximum Gasteiger partial charge on any atom is 0.211 e. The predicted octanol–water partition coefficient (Wildman–Crippen LogP) is 2.05. The van der Waals surface area contributed by atoms with Crippen molar-refractivity contribution in [3.8, 4) is 0 Å². The minimum Gasteiger partial charge on any atom is -0.382 e. The smallest absolute Gasteiger partial charge is 0.211 e. The molecule has 1 fully saturated rings. The molecule has 112 valence electrons. The van der Waals surface area contributed by atoms with Crippen LogP contribution in [0.25, 0.3) is 0 Å². The second-order valence-electron chi connectivity index (χ2n) is 5.13. The van der Waals surface area contributed by atoms with E-state index in [0.717, 1.165) is 31.0 Å². The first kappa shape index (κ1) is 15.2. The monoisotopic (exact) mass is 304 g/mol. The Hall–Kier alpha value is -1.21. The fourth-order valence-corrected chi connectivity index (χ4v) is 3.32. The average Bonchev–Trinajstić information content (AvgIpc) is 2.39. The van der Waals surface area contributed by atoms with E-state index in [1.807, 2.05) is 0 Å². The Morgan fingerprint density at radius 3 is 2.85 bits per heavy atom. The molecule has 1 unspecified atom stereocenters. The second-order valence-corrected chi connectivity index (χ2v) is 7.12. The molecular weight excluding hydrogens is 286 g/mol. The lowest BCUT2D eigenvalue weighted by Crippen LogP contribution is -2.41. The molecule has 1 aromatic rings. The Morgan fingerprint density at radius 2 is 2.15 bits per heavy atom. The highest BCUT2D eigenvalue weighted by atomic mass is 32.2. The summed E-state index contributed by atoms with van der Waals surface area (Å²) in [6.07, 6.45) is 2.84. The minimum atomic E-state index is -3.19. The van der Waals surface area contributed by atoms with Crippen LogP contribution in [-0.2, 0) is 10.0 Å². The molecule has 2 rings (SSSR count). The summed E-state index contributed by atoms with van der Waals surface area (Å²) >= 11 is 0. The van der Waals surface area contributed by atoms with E-state index in [2.05, 4.69) is 5.32 Å². The zero-order valence-electron chi connectivity index (χ0n) is 11.3. The Labute approximate surface area is 117 Å². The molecule has 0 saturated carbocycles. The number of hydrogen-bond acceptors (Lipinski definition) is 3. The number of hydrogen-bond donors (Lipinski definition) is 1. The minimum absolute atomic E-state index is 0.0983. The summed E-state index contributed by atoms with van der Waals surface area (Å²) in [5, 5.41) is 2.86. The fraction of sp³-hybridized carbons (Fsp3) is 0.538. The van der Waals surface area contributed by atoms with E-state index in [4.69, 9.17) is 0 Å². The molecule has 0 radical (unpaired) electrons. The van der Waals surface area contributed by atoms with E-state index in [9.17, 15) is 17.2 Å². The first-order valence-electron chi connectivity index (χ1n) is 6.50.